The molecule has 0 radical (unpaired) electrons. The van der Waals surface area contributed by atoms with Crippen LogP contribution in [0.1, 0.15) is 11.1 Å². The first-order valence-electron chi connectivity index (χ1n) is 5.92. The topological polar surface area (TPSA) is 61.4 Å². The summed E-state index contributed by atoms with van der Waals surface area (Å²) in [5, 5.41) is 5.40. The molecule has 96 valence electrons. The molecule has 1 aliphatic rings. The summed E-state index contributed by atoms with van der Waals surface area (Å²) >= 11 is 0. The van der Waals surface area contributed by atoms with Crippen LogP contribution in [0.4, 0.5) is 5.69 Å². The van der Waals surface area contributed by atoms with E-state index < -0.39 is 0 Å². The lowest BCUT2D eigenvalue weighted by atomic mass is 10.1. The van der Waals surface area contributed by atoms with Gasteiger partial charge in [0.25, 0.3) is 0 Å². The largest absolute Gasteiger partial charge is 0.353 e. The third kappa shape index (κ3) is 2.68. The summed E-state index contributed by atoms with van der Waals surface area (Å²) in [6.07, 6.45) is 0. The van der Waals surface area contributed by atoms with Gasteiger partial charge in [0.1, 0.15) is 0 Å². The molecule has 0 aliphatic carbocycles. The van der Waals surface area contributed by atoms with Crippen LogP contribution in [0.3, 0.4) is 0 Å². The maximum absolute atomic E-state index is 11.3. The summed E-state index contributed by atoms with van der Waals surface area (Å²) < 4.78 is 0. The van der Waals surface area contributed by atoms with Crippen molar-refractivity contribution in [2.24, 2.45) is 0 Å². The molecule has 1 saturated heterocycles. The number of aryl methyl sites for hydroxylation is 1. The number of rotatable bonds is 3. The van der Waals surface area contributed by atoms with Crippen molar-refractivity contribution in [1.29, 1.82) is 0 Å². The summed E-state index contributed by atoms with van der Waals surface area (Å²) in [5.41, 5.74) is 3.28. The molecule has 5 heteroatoms. The number of nitrogens with one attached hydrogen (secondary N) is 2. The molecule has 0 atom stereocenters. The first-order chi connectivity index (χ1) is 8.60. The Labute approximate surface area is 106 Å². The van der Waals surface area contributed by atoms with Gasteiger partial charge in [-0.15, -0.1) is 0 Å². The van der Waals surface area contributed by atoms with Crippen LogP contribution in [0.25, 0.3) is 0 Å². The number of piperazine rings is 1. The molecular formula is C13H17N3O2. The van der Waals surface area contributed by atoms with Crippen LogP contribution in [0.15, 0.2) is 18.2 Å². The molecule has 0 saturated carbocycles. The van der Waals surface area contributed by atoms with Gasteiger partial charge in [-0.05, 0) is 37.2 Å². The predicted octanol–water partition coefficient (Wildman–Crippen LogP) is 0.177. The minimum atomic E-state index is -0.247. The number of hydrogen-bond acceptors (Lipinski definition) is 4. The second kappa shape index (κ2) is 5.18. The summed E-state index contributed by atoms with van der Waals surface area (Å²) in [7, 11) is 1.90. The van der Waals surface area contributed by atoms with Gasteiger partial charge in [0, 0.05) is 12.2 Å². The molecule has 2 rings (SSSR count). The maximum atomic E-state index is 11.3. The van der Waals surface area contributed by atoms with Crippen LogP contribution in [0, 0.1) is 6.92 Å². The smallest absolute Gasteiger partial charge is 0.246 e. The van der Waals surface area contributed by atoms with Crippen LogP contribution < -0.4 is 15.5 Å². The van der Waals surface area contributed by atoms with Crippen molar-refractivity contribution >= 4 is 17.5 Å². The molecule has 18 heavy (non-hydrogen) atoms. The fraction of sp³-hybridized carbons (Fsp3) is 0.385. The highest BCUT2D eigenvalue weighted by Gasteiger charge is 2.22. The average Bonchev–Trinajstić information content (AvgIpc) is 2.30. The van der Waals surface area contributed by atoms with E-state index >= 15 is 0 Å². The van der Waals surface area contributed by atoms with Gasteiger partial charge in [-0.25, -0.2) is 0 Å². The van der Waals surface area contributed by atoms with Gasteiger partial charge in [-0.3, -0.25) is 14.9 Å². The van der Waals surface area contributed by atoms with Gasteiger partial charge in [0.15, 0.2) is 0 Å². The van der Waals surface area contributed by atoms with Gasteiger partial charge in [0.05, 0.1) is 13.1 Å². The Kier molecular flexibility index (Phi) is 3.62. The Balaban J connectivity index is 2.20. The maximum Gasteiger partial charge on any atom is 0.246 e. The minimum Gasteiger partial charge on any atom is -0.353 e. The molecule has 0 aromatic heterocycles. The van der Waals surface area contributed by atoms with E-state index in [1.807, 2.05) is 32.2 Å². The van der Waals surface area contributed by atoms with Gasteiger partial charge < -0.3 is 10.2 Å². The summed E-state index contributed by atoms with van der Waals surface area (Å²) in [6, 6.07) is 5.99. The van der Waals surface area contributed by atoms with Crippen molar-refractivity contribution in [2.45, 2.75) is 13.5 Å². The van der Waals surface area contributed by atoms with E-state index in [1.165, 1.54) is 5.56 Å². The lowest BCUT2D eigenvalue weighted by Crippen LogP contribution is -2.51. The number of amides is 2. The summed E-state index contributed by atoms with van der Waals surface area (Å²) in [5.74, 6) is -0.494. The van der Waals surface area contributed by atoms with Crippen LogP contribution in [-0.4, -0.2) is 32.0 Å². The van der Waals surface area contributed by atoms with Crippen molar-refractivity contribution in [2.75, 3.05) is 25.0 Å². The molecule has 5 nitrogen and oxygen atoms in total. The number of anilines is 1. The van der Waals surface area contributed by atoms with Gasteiger partial charge in [-0.1, -0.05) is 6.07 Å². The normalized spacial score (nSPS) is 15.8. The Bertz CT molecular complexity index is 469. The quantitative estimate of drug-likeness (QED) is 0.748. The number of benzene rings is 1. The second-order valence-electron chi connectivity index (χ2n) is 4.47. The molecule has 1 heterocycles. The Morgan fingerprint density at radius 1 is 1.28 bits per heavy atom. The number of imide groups is 1. The van der Waals surface area contributed by atoms with E-state index in [9.17, 15) is 9.59 Å². The Hall–Kier alpha value is -1.88. The SMILES string of the molecule is CNCc1ccc(N2CC(=O)NC(=O)C2)cc1C. The van der Waals surface area contributed by atoms with Crippen molar-refractivity contribution in [3.63, 3.8) is 0 Å². The van der Waals surface area contributed by atoms with Crippen molar-refractivity contribution in [1.82, 2.24) is 10.6 Å². The average molecular weight is 247 g/mol. The zero-order chi connectivity index (χ0) is 13.1. The minimum absolute atomic E-state index is 0.233. The highest BCUT2D eigenvalue weighted by atomic mass is 16.2. The fourth-order valence-corrected chi connectivity index (χ4v) is 2.09. The lowest BCUT2D eigenvalue weighted by molar-refractivity contribution is -0.130. The monoisotopic (exact) mass is 247 g/mol. The van der Waals surface area contributed by atoms with Crippen LogP contribution >= 0.6 is 0 Å². The highest BCUT2D eigenvalue weighted by Crippen LogP contribution is 2.19. The predicted molar refractivity (Wildman–Crippen MR) is 69.3 cm³/mol. The molecule has 0 spiro atoms. The van der Waals surface area contributed by atoms with Gasteiger partial charge in [-0.2, -0.15) is 0 Å². The zero-order valence-electron chi connectivity index (χ0n) is 10.6. The van der Waals surface area contributed by atoms with Crippen molar-refractivity contribution in [3.8, 4) is 0 Å². The molecule has 2 amide bonds. The molecule has 1 aromatic carbocycles. The first kappa shape index (κ1) is 12.6. The molecule has 2 N–H and O–H groups in total. The lowest BCUT2D eigenvalue weighted by Gasteiger charge is -2.28. The molecule has 0 unspecified atom stereocenters. The van der Waals surface area contributed by atoms with E-state index in [2.05, 4.69) is 10.6 Å². The van der Waals surface area contributed by atoms with E-state index in [-0.39, 0.29) is 24.9 Å². The van der Waals surface area contributed by atoms with Crippen molar-refractivity contribution < 1.29 is 9.59 Å². The van der Waals surface area contributed by atoms with Crippen LogP contribution in [0.5, 0.6) is 0 Å². The summed E-state index contributed by atoms with van der Waals surface area (Å²) in [4.78, 5) is 24.4. The molecule has 1 aromatic rings. The number of carbonyl (C=O) groups excluding carboxylic acids is 2. The van der Waals surface area contributed by atoms with E-state index in [4.69, 9.17) is 0 Å². The number of nitrogens with zero attached hydrogens (tertiary/aromatic N) is 1. The third-order valence-corrected chi connectivity index (χ3v) is 3.01. The fourth-order valence-electron chi connectivity index (χ4n) is 2.09. The van der Waals surface area contributed by atoms with E-state index in [0.717, 1.165) is 17.8 Å². The van der Waals surface area contributed by atoms with Gasteiger partial charge in [0.2, 0.25) is 11.8 Å². The molecular weight excluding hydrogens is 230 g/mol. The number of carbonyl (C=O) groups is 2. The Morgan fingerprint density at radius 3 is 2.50 bits per heavy atom. The Morgan fingerprint density at radius 2 is 1.94 bits per heavy atom. The molecule has 0 bridgehead atoms. The van der Waals surface area contributed by atoms with E-state index in [0.29, 0.717) is 0 Å². The first-order valence-corrected chi connectivity index (χ1v) is 5.92. The number of hydrogen-bond donors (Lipinski definition) is 2. The molecule has 1 fully saturated rings. The van der Waals surface area contributed by atoms with Gasteiger partial charge >= 0.3 is 0 Å². The van der Waals surface area contributed by atoms with E-state index in [1.54, 1.807) is 4.90 Å². The van der Waals surface area contributed by atoms with Crippen molar-refractivity contribution in [3.05, 3.63) is 29.3 Å². The van der Waals surface area contributed by atoms with Crippen LogP contribution in [-0.2, 0) is 16.1 Å². The third-order valence-electron chi connectivity index (χ3n) is 3.01. The van der Waals surface area contributed by atoms with Crippen LogP contribution in [0.2, 0.25) is 0 Å². The molecule has 1 aliphatic heterocycles. The standard InChI is InChI=1S/C13H17N3O2/c1-9-5-11(4-3-10(9)6-14-2)16-7-12(17)15-13(18)8-16/h3-5,14H,6-8H2,1-2H3,(H,15,17,18). The highest BCUT2D eigenvalue weighted by molar-refractivity contribution is 6.02. The zero-order valence-corrected chi connectivity index (χ0v) is 10.6. The second-order valence-corrected chi connectivity index (χ2v) is 4.47. The summed E-state index contributed by atoms with van der Waals surface area (Å²) in [6.45, 7) is 3.31.